The quantitative estimate of drug-likeness (QED) is 0.864. The molecule has 2 rings (SSSR count). The van der Waals surface area contributed by atoms with Gasteiger partial charge in [-0.2, -0.15) is 0 Å². The van der Waals surface area contributed by atoms with Crippen LogP contribution in [0.2, 0.25) is 0 Å². The van der Waals surface area contributed by atoms with Crippen LogP contribution in [0, 0.1) is 0 Å². The van der Waals surface area contributed by atoms with Crippen LogP contribution in [0.3, 0.4) is 0 Å². The number of nitrogens with two attached hydrogens (primary N) is 1. The van der Waals surface area contributed by atoms with Gasteiger partial charge in [-0.15, -0.1) is 11.3 Å². The summed E-state index contributed by atoms with van der Waals surface area (Å²) in [5.74, 6) is -0.253. The Balaban J connectivity index is 2.21. The lowest BCUT2D eigenvalue weighted by molar-refractivity contribution is 0.102. The van der Waals surface area contributed by atoms with E-state index in [0.717, 1.165) is 15.0 Å². The van der Waals surface area contributed by atoms with E-state index in [2.05, 4.69) is 26.2 Å². The summed E-state index contributed by atoms with van der Waals surface area (Å²) in [6, 6.07) is 5.58. The van der Waals surface area contributed by atoms with Gasteiger partial charge in [0, 0.05) is 34.8 Å². The Morgan fingerprint density at radius 3 is 3.00 bits per heavy atom. The molecule has 7 heteroatoms. The molecular formula is C13H14BrN3O2S. The average Bonchev–Trinajstić information content (AvgIpc) is 2.91. The number of nitrogens with one attached hydrogen (secondary N) is 1. The van der Waals surface area contributed by atoms with Gasteiger partial charge in [-0.05, 0) is 12.1 Å². The van der Waals surface area contributed by atoms with Crippen molar-refractivity contribution in [2.75, 3.05) is 12.4 Å². The van der Waals surface area contributed by atoms with Crippen LogP contribution in [-0.2, 0) is 17.9 Å². The number of hydrogen-bond acceptors (Lipinski definition) is 5. The van der Waals surface area contributed by atoms with E-state index in [1.54, 1.807) is 12.5 Å². The summed E-state index contributed by atoms with van der Waals surface area (Å²) in [5.41, 5.74) is 7.46. The van der Waals surface area contributed by atoms with Gasteiger partial charge in [-0.3, -0.25) is 4.79 Å². The minimum atomic E-state index is -0.253. The molecule has 1 amide bonds. The van der Waals surface area contributed by atoms with Crippen molar-refractivity contribution < 1.29 is 9.53 Å². The van der Waals surface area contributed by atoms with Crippen LogP contribution in [0.4, 0.5) is 5.69 Å². The van der Waals surface area contributed by atoms with Gasteiger partial charge < -0.3 is 15.8 Å². The Morgan fingerprint density at radius 2 is 2.35 bits per heavy atom. The zero-order valence-electron chi connectivity index (χ0n) is 10.9. The molecule has 0 saturated heterocycles. The molecule has 0 bridgehead atoms. The molecule has 0 fully saturated rings. The third kappa shape index (κ3) is 3.43. The summed E-state index contributed by atoms with van der Waals surface area (Å²) >= 11 is 4.82. The maximum Gasteiger partial charge on any atom is 0.275 e. The molecule has 0 aliphatic carbocycles. The van der Waals surface area contributed by atoms with E-state index in [1.165, 1.54) is 11.3 Å². The van der Waals surface area contributed by atoms with E-state index in [-0.39, 0.29) is 5.91 Å². The predicted molar refractivity (Wildman–Crippen MR) is 82.8 cm³/mol. The van der Waals surface area contributed by atoms with Crippen molar-refractivity contribution in [3.63, 3.8) is 0 Å². The molecule has 0 atom stereocenters. The van der Waals surface area contributed by atoms with Gasteiger partial charge in [0.05, 0.1) is 6.61 Å². The van der Waals surface area contributed by atoms with Gasteiger partial charge in [-0.25, -0.2) is 4.98 Å². The third-order valence-corrected chi connectivity index (χ3v) is 4.23. The minimum Gasteiger partial charge on any atom is -0.380 e. The lowest BCUT2D eigenvalue weighted by Crippen LogP contribution is -2.14. The Kier molecular flexibility index (Phi) is 5.24. The van der Waals surface area contributed by atoms with Crippen molar-refractivity contribution in [1.29, 1.82) is 0 Å². The molecule has 1 aromatic carbocycles. The standard InChI is InChI=1S/C13H14BrN3O2S/c1-19-6-8-9(14)3-2-4-10(8)17-13(18)11-7-20-12(5-15)16-11/h2-4,7H,5-6,15H2,1H3,(H,17,18). The summed E-state index contributed by atoms with van der Waals surface area (Å²) < 4.78 is 6.03. The number of methoxy groups -OCH3 is 1. The van der Waals surface area contributed by atoms with Gasteiger partial charge in [-0.1, -0.05) is 22.0 Å². The van der Waals surface area contributed by atoms with Crippen LogP contribution in [0.15, 0.2) is 28.1 Å². The number of anilines is 1. The number of benzene rings is 1. The highest BCUT2D eigenvalue weighted by atomic mass is 79.9. The first-order valence-electron chi connectivity index (χ1n) is 5.88. The highest BCUT2D eigenvalue weighted by molar-refractivity contribution is 9.10. The molecule has 1 aromatic heterocycles. The number of aromatic nitrogens is 1. The zero-order chi connectivity index (χ0) is 14.5. The number of thiazole rings is 1. The first-order valence-corrected chi connectivity index (χ1v) is 7.55. The molecule has 5 nitrogen and oxygen atoms in total. The smallest absolute Gasteiger partial charge is 0.275 e. The maximum absolute atomic E-state index is 12.1. The molecule has 0 radical (unpaired) electrons. The topological polar surface area (TPSA) is 77.2 Å². The molecule has 2 aromatic rings. The maximum atomic E-state index is 12.1. The predicted octanol–water partition coefficient (Wildman–Crippen LogP) is 2.76. The van der Waals surface area contributed by atoms with E-state index in [9.17, 15) is 4.79 Å². The van der Waals surface area contributed by atoms with E-state index in [0.29, 0.717) is 24.5 Å². The number of amides is 1. The summed E-state index contributed by atoms with van der Waals surface area (Å²) in [6.45, 7) is 0.742. The fourth-order valence-corrected chi connectivity index (χ4v) is 2.80. The first kappa shape index (κ1) is 15.1. The zero-order valence-corrected chi connectivity index (χ0v) is 13.3. The largest absolute Gasteiger partial charge is 0.380 e. The van der Waals surface area contributed by atoms with Crippen LogP contribution < -0.4 is 11.1 Å². The Bertz CT molecular complexity index is 615. The number of ether oxygens (including phenoxy) is 1. The third-order valence-electron chi connectivity index (χ3n) is 2.61. The van der Waals surface area contributed by atoms with E-state index < -0.39 is 0 Å². The Hall–Kier alpha value is -1.28. The second kappa shape index (κ2) is 6.94. The van der Waals surface area contributed by atoms with Crippen LogP contribution in [0.25, 0.3) is 0 Å². The van der Waals surface area contributed by atoms with Crippen molar-refractivity contribution >= 4 is 38.9 Å². The SMILES string of the molecule is COCc1c(Br)cccc1NC(=O)c1csc(CN)n1. The van der Waals surface area contributed by atoms with Gasteiger partial charge in [0.15, 0.2) is 0 Å². The number of rotatable bonds is 5. The highest BCUT2D eigenvalue weighted by Crippen LogP contribution is 2.26. The lowest BCUT2D eigenvalue weighted by atomic mass is 10.2. The molecule has 0 spiro atoms. The molecule has 106 valence electrons. The fourth-order valence-electron chi connectivity index (χ4n) is 1.66. The molecule has 1 heterocycles. The fraction of sp³-hybridized carbons (Fsp3) is 0.231. The van der Waals surface area contributed by atoms with Gasteiger partial charge in [0.25, 0.3) is 5.91 Å². The number of carbonyl (C=O) groups excluding carboxylic acids is 1. The van der Waals surface area contributed by atoms with Crippen LogP contribution in [0.1, 0.15) is 21.1 Å². The second-order valence-corrected chi connectivity index (χ2v) is 5.78. The van der Waals surface area contributed by atoms with Crippen molar-refractivity contribution in [2.24, 2.45) is 5.73 Å². The highest BCUT2D eigenvalue weighted by Gasteiger charge is 2.13. The number of hydrogen-bond donors (Lipinski definition) is 2. The summed E-state index contributed by atoms with van der Waals surface area (Å²) in [5, 5.41) is 5.28. The number of halogens is 1. The summed E-state index contributed by atoms with van der Waals surface area (Å²) in [6.07, 6.45) is 0. The first-order chi connectivity index (χ1) is 9.65. The number of carbonyl (C=O) groups is 1. The van der Waals surface area contributed by atoms with Crippen LogP contribution >= 0.6 is 27.3 Å². The monoisotopic (exact) mass is 355 g/mol. The Labute approximate surface area is 129 Å². The van der Waals surface area contributed by atoms with Crippen molar-refractivity contribution in [3.05, 3.63) is 44.3 Å². The molecule has 20 heavy (non-hydrogen) atoms. The second-order valence-electron chi connectivity index (χ2n) is 3.98. The van der Waals surface area contributed by atoms with Gasteiger partial charge in [0.1, 0.15) is 10.7 Å². The molecule has 0 aliphatic rings. The minimum absolute atomic E-state index is 0.253. The van der Waals surface area contributed by atoms with E-state index in [4.69, 9.17) is 10.5 Å². The molecule has 0 saturated carbocycles. The average molecular weight is 356 g/mol. The molecular weight excluding hydrogens is 342 g/mol. The van der Waals surface area contributed by atoms with Gasteiger partial charge in [0.2, 0.25) is 0 Å². The van der Waals surface area contributed by atoms with Crippen molar-refractivity contribution in [1.82, 2.24) is 4.98 Å². The van der Waals surface area contributed by atoms with E-state index >= 15 is 0 Å². The van der Waals surface area contributed by atoms with Crippen LogP contribution in [0.5, 0.6) is 0 Å². The van der Waals surface area contributed by atoms with E-state index in [1.807, 2.05) is 18.2 Å². The summed E-state index contributed by atoms with van der Waals surface area (Å²) in [7, 11) is 1.61. The molecule has 0 unspecified atom stereocenters. The van der Waals surface area contributed by atoms with Crippen molar-refractivity contribution in [2.45, 2.75) is 13.2 Å². The summed E-state index contributed by atoms with van der Waals surface area (Å²) in [4.78, 5) is 16.3. The van der Waals surface area contributed by atoms with Crippen molar-refractivity contribution in [3.8, 4) is 0 Å². The lowest BCUT2D eigenvalue weighted by Gasteiger charge is -2.11. The normalized spacial score (nSPS) is 10.6. The number of nitrogens with zero attached hydrogens (tertiary/aromatic N) is 1. The van der Waals surface area contributed by atoms with Crippen LogP contribution in [-0.4, -0.2) is 18.0 Å². The Morgan fingerprint density at radius 1 is 1.55 bits per heavy atom. The molecule has 0 aliphatic heterocycles. The van der Waals surface area contributed by atoms with Gasteiger partial charge >= 0.3 is 0 Å². The molecule has 3 N–H and O–H groups in total.